The van der Waals surface area contributed by atoms with Gasteiger partial charge in [-0.05, 0) is 12.1 Å². The van der Waals surface area contributed by atoms with Crippen LogP contribution in [0.15, 0.2) is 12.1 Å². The molecule has 1 aromatic heterocycles. The minimum absolute atomic E-state index is 0.0635. The van der Waals surface area contributed by atoms with Crippen molar-refractivity contribution in [1.82, 2.24) is 5.48 Å². The number of carboxylic acids is 1. The molecular weight excluding hydrogens is 182 g/mol. The van der Waals surface area contributed by atoms with Crippen molar-refractivity contribution in [3.8, 4) is 0 Å². The minimum atomic E-state index is -1.09. The molecule has 0 saturated heterocycles. The zero-order valence-electron chi connectivity index (χ0n) is 5.77. The van der Waals surface area contributed by atoms with E-state index >= 15 is 0 Å². The smallest absolute Gasteiger partial charge is 0.345 e. The van der Waals surface area contributed by atoms with Crippen LogP contribution in [0.4, 0.5) is 0 Å². The first-order valence-corrected chi connectivity index (χ1v) is 3.74. The van der Waals surface area contributed by atoms with Gasteiger partial charge in [-0.15, -0.1) is 11.3 Å². The van der Waals surface area contributed by atoms with Crippen molar-refractivity contribution in [1.29, 1.82) is 0 Å². The Morgan fingerprint density at radius 3 is 2.33 bits per heavy atom. The van der Waals surface area contributed by atoms with E-state index in [0.717, 1.165) is 11.3 Å². The maximum absolute atomic E-state index is 10.7. The van der Waals surface area contributed by atoms with Crippen LogP contribution in [0.2, 0.25) is 0 Å². The molecule has 0 aromatic carbocycles. The predicted molar refractivity (Wildman–Crippen MR) is 40.5 cm³/mol. The number of aromatic carboxylic acids is 1. The van der Waals surface area contributed by atoms with Crippen molar-refractivity contribution in [3.05, 3.63) is 21.9 Å². The lowest BCUT2D eigenvalue weighted by Crippen LogP contribution is -2.16. The summed E-state index contributed by atoms with van der Waals surface area (Å²) in [5.74, 6) is -1.79. The first-order valence-electron chi connectivity index (χ1n) is 2.92. The van der Waals surface area contributed by atoms with E-state index in [9.17, 15) is 9.59 Å². The Morgan fingerprint density at radius 1 is 1.33 bits per heavy atom. The zero-order chi connectivity index (χ0) is 9.14. The summed E-state index contributed by atoms with van der Waals surface area (Å²) in [6.07, 6.45) is 0. The molecule has 0 aliphatic heterocycles. The summed E-state index contributed by atoms with van der Waals surface area (Å²) in [6.45, 7) is 0. The number of hydrogen-bond donors (Lipinski definition) is 3. The predicted octanol–water partition coefficient (Wildman–Crippen LogP) is 0.565. The van der Waals surface area contributed by atoms with Gasteiger partial charge in [0.15, 0.2) is 0 Å². The molecule has 1 heterocycles. The van der Waals surface area contributed by atoms with Gasteiger partial charge in [-0.3, -0.25) is 10.0 Å². The minimum Gasteiger partial charge on any atom is -0.477 e. The largest absolute Gasteiger partial charge is 0.477 e. The Kier molecular flexibility index (Phi) is 2.41. The Bertz CT molecular complexity index is 319. The van der Waals surface area contributed by atoms with E-state index in [0.29, 0.717) is 0 Å². The van der Waals surface area contributed by atoms with Gasteiger partial charge >= 0.3 is 5.97 Å². The van der Waals surface area contributed by atoms with Crippen LogP contribution in [0.25, 0.3) is 0 Å². The van der Waals surface area contributed by atoms with Crippen molar-refractivity contribution < 1.29 is 19.9 Å². The van der Waals surface area contributed by atoms with Crippen molar-refractivity contribution in [2.45, 2.75) is 0 Å². The highest BCUT2D eigenvalue weighted by Crippen LogP contribution is 2.15. The number of carbonyl (C=O) groups is 2. The van der Waals surface area contributed by atoms with Crippen LogP contribution in [0.5, 0.6) is 0 Å². The maximum Gasteiger partial charge on any atom is 0.345 e. The first-order chi connectivity index (χ1) is 5.65. The second-order valence-electron chi connectivity index (χ2n) is 1.91. The van der Waals surface area contributed by atoms with Gasteiger partial charge in [-0.25, -0.2) is 10.3 Å². The van der Waals surface area contributed by atoms with Crippen LogP contribution < -0.4 is 5.48 Å². The Morgan fingerprint density at radius 2 is 1.92 bits per heavy atom. The molecule has 6 heteroatoms. The number of rotatable bonds is 2. The summed E-state index contributed by atoms with van der Waals surface area (Å²) in [4.78, 5) is 21.3. The van der Waals surface area contributed by atoms with Crippen molar-refractivity contribution in [3.63, 3.8) is 0 Å². The molecule has 0 atom stereocenters. The molecule has 0 radical (unpaired) electrons. The second kappa shape index (κ2) is 3.33. The van der Waals surface area contributed by atoms with Crippen LogP contribution in [0.3, 0.4) is 0 Å². The van der Waals surface area contributed by atoms with Crippen LogP contribution >= 0.6 is 11.3 Å². The van der Waals surface area contributed by atoms with Gasteiger partial charge in [0.2, 0.25) is 0 Å². The van der Waals surface area contributed by atoms with E-state index < -0.39 is 11.9 Å². The van der Waals surface area contributed by atoms with Gasteiger partial charge in [0.05, 0.1) is 4.88 Å². The fourth-order valence-electron chi connectivity index (χ4n) is 0.630. The molecule has 0 aliphatic carbocycles. The van der Waals surface area contributed by atoms with E-state index in [1.165, 1.54) is 17.6 Å². The van der Waals surface area contributed by atoms with Gasteiger partial charge in [0.1, 0.15) is 4.88 Å². The summed E-state index contributed by atoms with van der Waals surface area (Å²) in [5, 5.41) is 16.7. The molecule has 0 spiro atoms. The molecule has 12 heavy (non-hydrogen) atoms. The Labute approximate surface area is 71.2 Å². The molecule has 3 N–H and O–H groups in total. The van der Waals surface area contributed by atoms with Crippen molar-refractivity contribution in [2.75, 3.05) is 0 Å². The molecule has 1 aromatic rings. The molecule has 0 bridgehead atoms. The highest BCUT2D eigenvalue weighted by atomic mass is 32.1. The van der Waals surface area contributed by atoms with Gasteiger partial charge in [-0.1, -0.05) is 0 Å². The second-order valence-corrected chi connectivity index (χ2v) is 2.99. The van der Waals surface area contributed by atoms with Crippen LogP contribution in [0.1, 0.15) is 19.3 Å². The van der Waals surface area contributed by atoms with E-state index in [-0.39, 0.29) is 9.75 Å². The normalized spacial score (nSPS) is 9.42. The van der Waals surface area contributed by atoms with E-state index in [2.05, 4.69) is 0 Å². The van der Waals surface area contributed by atoms with E-state index in [1.807, 2.05) is 0 Å². The molecule has 64 valence electrons. The monoisotopic (exact) mass is 187 g/mol. The number of hydroxylamine groups is 1. The quantitative estimate of drug-likeness (QED) is 0.466. The van der Waals surface area contributed by atoms with Crippen LogP contribution in [-0.2, 0) is 0 Å². The van der Waals surface area contributed by atoms with Crippen molar-refractivity contribution >= 4 is 23.2 Å². The zero-order valence-corrected chi connectivity index (χ0v) is 6.59. The van der Waals surface area contributed by atoms with Crippen LogP contribution in [-0.4, -0.2) is 22.2 Å². The summed E-state index contributed by atoms with van der Waals surface area (Å²) >= 11 is 0.802. The standard InChI is InChI=1S/C6H5NO4S/c8-5(7-11)3-1-2-4(12-3)6(9)10/h1-2,11H,(H,7,8)(H,9,10). The number of amides is 1. The Balaban J connectivity index is 2.91. The number of carboxylic acid groups (broad SMARTS) is 1. The van der Waals surface area contributed by atoms with Gasteiger partial charge in [-0.2, -0.15) is 0 Å². The lowest BCUT2D eigenvalue weighted by molar-refractivity contribution is 0.0700. The number of nitrogens with one attached hydrogen (secondary N) is 1. The molecule has 1 amide bonds. The number of hydrogen-bond acceptors (Lipinski definition) is 4. The summed E-state index contributed by atoms with van der Waals surface area (Å²) in [6, 6.07) is 2.64. The third-order valence-electron chi connectivity index (χ3n) is 1.14. The Hall–Kier alpha value is -1.40. The van der Waals surface area contributed by atoms with Crippen LogP contribution in [0, 0.1) is 0 Å². The molecule has 1 rings (SSSR count). The van der Waals surface area contributed by atoms with E-state index in [1.54, 1.807) is 0 Å². The topological polar surface area (TPSA) is 86.6 Å². The third kappa shape index (κ3) is 1.60. The summed E-state index contributed by atoms with van der Waals surface area (Å²) in [7, 11) is 0. The average molecular weight is 187 g/mol. The van der Waals surface area contributed by atoms with Crippen molar-refractivity contribution in [2.24, 2.45) is 0 Å². The molecular formula is C6H5NO4S. The fourth-order valence-corrected chi connectivity index (χ4v) is 1.36. The summed E-state index contributed by atoms with van der Waals surface area (Å²) in [5.41, 5.74) is 1.41. The third-order valence-corrected chi connectivity index (χ3v) is 2.21. The molecule has 0 saturated carbocycles. The van der Waals surface area contributed by atoms with Gasteiger partial charge < -0.3 is 5.11 Å². The molecule has 0 fully saturated rings. The van der Waals surface area contributed by atoms with E-state index in [4.69, 9.17) is 10.3 Å². The lowest BCUT2D eigenvalue weighted by atomic mass is 10.4. The maximum atomic E-state index is 10.7. The molecule has 0 aliphatic rings. The highest BCUT2D eigenvalue weighted by molar-refractivity contribution is 7.15. The fraction of sp³-hybridized carbons (Fsp3) is 0. The number of thiophene rings is 1. The number of carbonyl (C=O) groups excluding carboxylic acids is 1. The highest BCUT2D eigenvalue weighted by Gasteiger charge is 2.11. The molecule has 5 nitrogen and oxygen atoms in total. The lowest BCUT2D eigenvalue weighted by Gasteiger charge is -1.90. The molecule has 0 unspecified atom stereocenters. The first kappa shape index (κ1) is 8.69. The average Bonchev–Trinajstić information content (AvgIpc) is 2.51. The van der Waals surface area contributed by atoms with Gasteiger partial charge in [0, 0.05) is 0 Å². The SMILES string of the molecule is O=C(O)c1ccc(C(=O)NO)s1. The summed E-state index contributed by atoms with van der Waals surface area (Å²) < 4.78 is 0. The van der Waals surface area contributed by atoms with Gasteiger partial charge in [0.25, 0.3) is 5.91 Å².